The van der Waals surface area contributed by atoms with E-state index in [1.807, 2.05) is 24.3 Å². The Hall–Kier alpha value is -1.86. The Morgan fingerprint density at radius 3 is 3.00 bits per heavy atom. The van der Waals surface area contributed by atoms with Crippen molar-refractivity contribution >= 4 is 27.4 Å². The molecule has 0 aromatic carbocycles. The topological polar surface area (TPSA) is 81.4 Å². The van der Waals surface area contributed by atoms with Gasteiger partial charge in [0.15, 0.2) is 5.65 Å². The zero-order valence-corrected chi connectivity index (χ0v) is 11.6. The lowest BCUT2D eigenvalue weighted by Gasteiger charge is -2.04. The molecule has 3 aromatic rings. The Labute approximate surface area is 117 Å². The van der Waals surface area contributed by atoms with Crippen LogP contribution in [0.15, 0.2) is 39.5 Å². The second-order valence-electron chi connectivity index (χ2n) is 3.97. The van der Waals surface area contributed by atoms with E-state index >= 15 is 0 Å². The highest BCUT2D eigenvalue weighted by Gasteiger charge is 2.09. The second kappa shape index (κ2) is 5.02. The van der Waals surface area contributed by atoms with E-state index in [0.29, 0.717) is 13.1 Å². The second-order valence-corrected chi connectivity index (χ2v) is 4.73. The zero-order valence-electron chi connectivity index (χ0n) is 10.0. The Morgan fingerprint density at radius 1 is 1.37 bits per heavy atom. The number of nitrogens with two attached hydrogens (primary N) is 1. The number of furan rings is 1. The minimum Gasteiger partial charge on any atom is -0.467 e. The first kappa shape index (κ1) is 12.2. The van der Waals surface area contributed by atoms with Crippen molar-refractivity contribution in [3.05, 3.63) is 46.6 Å². The van der Waals surface area contributed by atoms with Crippen LogP contribution < -0.4 is 11.1 Å². The van der Waals surface area contributed by atoms with Gasteiger partial charge in [-0.05, 0) is 40.2 Å². The van der Waals surface area contributed by atoms with Crippen LogP contribution in [0.5, 0.6) is 0 Å². The third-order valence-corrected chi connectivity index (χ3v) is 3.50. The monoisotopic (exact) mass is 321 g/mol. The highest BCUT2D eigenvalue weighted by atomic mass is 79.9. The molecular weight excluding hydrogens is 310 g/mol. The van der Waals surface area contributed by atoms with Crippen molar-refractivity contribution in [2.24, 2.45) is 5.73 Å². The Kier molecular flexibility index (Phi) is 3.22. The number of imidazole rings is 1. The molecule has 7 heteroatoms. The normalized spacial score (nSPS) is 11.1. The number of anilines is 1. The van der Waals surface area contributed by atoms with E-state index in [2.05, 4.69) is 31.3 Å². The fourth-order valence-corrected chi connectivity index (χ4v) is 2.28. The molecule has 0 unspecified atom stereocenters. The van der Waals surface area contributed by atoms with Gasteiger partial charge >= 0.3 is 0 Å². The molecule has 3 heterocycles. The predicted octanol–water partition coefficient (Wildman–Crippen LogP) is 2.16. The van der Waals surface area contributed by atoms with Gasteiger partial charge in [0, 0.05) is 6.54 Å². The molecule has 0 radical (unpaired) electrons. The lowest BCUT2D eigenvalue weighted by Crippen LogP contribution is -2.03. The summed E-state index contributed by atoms with van der Waals surface area (Å²) in [4.78, 5) is 4.36. The van der Waals surface area contributed by atoms with E-state index in [-0.39, 0.29) is 0 Å². The number of halogens is 1. The van der Waals surface area contributed by atoms with E-state index in [9.17, 15) is 0 Å². The first-order valence-corrected chi connectivity index (χ1v) is 6.57. The summed E-state index contributed by atoms with van der Waals surface area (Å²) in [5.41, 5.74) is 7.16. The van der Waals surface area contributed by atoms with Crippen molar-refractivity contribution in [3.8, 4) is 0 Å². The van der Waals surface area contributed by atoms with E-state index < -0.39 is 0 Å². The van der Waals surface area contributed by atoms with Crippen LogP contribution >= 0.6 is 15.9 Å². The van der Waals surface area contributed by atoms with Crippen LogP contribution in [0.1, 0.15) is 11.5 Å². The van der Waals surface area contributed by atoms with Gasteiger partial charge in [-0.2, -0.15) is 0 Å². The maximum absolute atomic E-state index is 5.61. The fourth-order valence-electron chi connectivity index (χ4n) is 1.77. The summed E-state index contributed by atoms with van der Waals surface area (Å²) in [7, 11) is 0. The Bertz CT molecular complexity index is 692. The molecule has 0 amide bonds. The Morgan fingerprint density at radius 2 is 2.26 bits per heavy atom. The van der Waals surface area contributed by atoms with Crippen LogP contribution in [-0.2, 0) is 13.1 Å². The van der Waals surface area contributed by atoms with E-state index in [1.165, 1.54) is 0 Å². The van der Waals surface area contributed by atoms with Gasteiger partial charge < -0.3 is 15.5 Å². The van der Waals surface area contributed by atoms with Crippen LogP contribution in [0.4, 0.5) is 5.82 Å². The predicted molar refractivity (Wildman–Crippen MR) is 74.6 cm³/mol. The van der Waals surface area contributed by atoms with Crippen LogP contribution in [0.3, 0.4) is 0 Å². The Balaban J connectivity index is 1.86. The van der Waals surface area contributed by atoms with Crippen molar-refractivity contribution in [3.63, 3.8) is 0 Å². The van der Waals surface area contributed by atoms with E-state index in [4.69, 9.17) is 10.2 Å². The average molecular weight is 322 g/mol. The van der Waals surface area contributed by atoms with E-state index in [0.717, 1.165) is 27.5 Å². The number of hydrogen-bond acceptors (Lipinski definition) is 5. The van der Waals surface area contributed by atoms with Crippen LogP contribution in [-0.4, -0.2) is 14.6 Å². The molecule has 19 heavy (non-hydrogen) atoms. The molecule has 98 valence electrons. The van der Waals surface area contributed by atoms with Gasteiger partial charge in [0.2, 0.25) is 0 Å². The molecule has 3 aromatic heterocycles. The smallest absolute Gasteiger partial charge is 0.155 e. The van der Waals surface area contributed by atoms with Crippen molar-refractivity contribution in [1.29, 1.82) is 0 Å². The van der Waals surface area contributed by atoms with Gasteiger partial charge in [-0.3, -0.25) is 0 Å². The van der Waals surface area contributed by atoms with Gasteiger partial charge in [0.25, 0.3) is 0 Å². The van der Waals surface area contributed by atoms with Gasteiger partial charge in [-0.1, -0.05) is 0 Å². The van der Waals surface area contributed by atoms with Gasteiger partial charge in [-0.25, -0.2) is 9.50 Å². The molecule has 0 saturated heterocycles. The largest absolute Gasteiger partial charge is 0.467 e. The molecule has 3 rings (SSSR count). The summed E-state index contributed by atoms with van der Waals surface area (Å²) in [6.07, 6.45) is 1.65. The van der Waals surface area contributed by atoms with Gasteiger partial charge in [-0.15, -0.1) is 5.10 Å². The summed E-state index contributed by atoms with van der Waals surface area (Å²) in [5, 5.41) is 7.63. The molecule has 0 spiro atoms. The van der Waals surface area contributed by atoms with Crippen molar-refractivity contribution in [1.82, 2.24) is 14.6 Å². The van der Waals surface area contributed by atoms with E-state index in [1.54, 1.807) is 10.8 Å². The summed E-state index contributed by atoms with van der Waals surface area (Å²) < 4.78 is 7.75. The number of fused-ring (bicyclic) bond motifs is 1. The molecular formula is C12H12BrN5O. The van der Waals surface area contributed by atoms with Crippen molar-refractivity contribution in [2.75, 3.05) is 5.32 Å². The molecule has 6 nitrogen and oxygen atoms in total. The standard InChI is InChI=1S/C12H12BrN5O/c13-12-9(6-14)16-11-4-3-10(17-18(11)12)15-7-8-2-1-5-19-8/h1-5H,6-7,14H2,(H,15,17). The SMILES string of the molecule is NCc1nc2ccc(NCc3ccco3)nn2c1Br. The molecule has 0 atom stereocenters. The lowest BCUT2D eigenvalue weighted by molar-refractivity contribution is 0.517. The highest BCUT2D eigenvalue weighted by Crippen LogP contribution is 2.19. The molecule has 0 saturated carbocycles. The first-order valence-electron chi connectivity index (χ1n) is 5.78. The summed E-state index contributed by atoms with van der Waals surface area (Å²) in [6.45, 7) is 0.959. The molecule has 0 aliphatic rings. The molecule has 0 bridgehead atoms. The minimum absolute atomic E-state index is 0.374. The lowest BCUT2D eigenvalue weighted by atomic mass is 10.4. The van der Waals surface area contributed by atoms with Crippen molar-refractivity contribution in [2.45, 2.75) is 13.1 Å². The number of aromatic nitrogens is 3. The summed E-state index contributed by atoms with van der Waals surface area (Å²) in [6, 6.07) is 7.53. The molecule has 3 N–H and O–H groups in total. The van der Waals surface area contributed by atoms with Crippen LogP contribution in [0.25, 0.3) is 5.65 Å². The number of nitrogens with one attached hydrogen (secondary N) is 1. The van der Waals surface area contributed by atoms with Gasteiger partial charge in [0.05, 0.1) is 18.5 Å². The number of nitrogens with zero attached hydrogens (tertiary/aromatic N) is 3. The number of rotatable bonds is 4. The molecule has 0 fully saturated rings. The van der Waals surface area contributed by atoms with Gasteiger partial charge in [0.1, 0.15) is 16.2 Å². The zero-order chi connectivity index (χ0) is 13.2. The average Bonchev–Trinajstić information content (AvgIpc) is 3.05. The summed E-state index contributed by atoms with van der Waals surface area (Å²) >= 11 is 3.45. The molecule has 0 aliphatic carbocycles. The third kappa shape index (κ3) is 2.34. The maximum Gasteiger partial charge on any atom is 0.155 e. The van der Waals surface area contributed by atoms with Crippen LogP contribution in [0.2, 0.25) is 0 Å². The fraction of sp³-hybridized carbons (Fsp3) is 0.167. The maximum atomic E-state index is 5.61. The third-order valence-electron chi connectivity index (χ3n) is 2.71. The quantitative estimate of drug-likeness (QED) is 0.769. The van der Waals surface area contributed by atoms with Crippen molar-refractivity contribution < 1.29 is 4.42 Å². The highest BCUT2D eigenvalue weighted by molar-refractivity contribution is 9.10. The first-order chi connectivity index (χ1) is 9.28. The van der Waals surface area contributed by atoms with Crippen LogP contribution in [0, 0.1) is 0 Å². The molecule has 0 aliphatic heterocycles. The number of hydrogen-bond donors (Lipinski definition) is 2. The summed E-state index contributed by atoms with van der Waals surface area (Å²) in [5.74, 6) is 1.60. The minimum atomic E-state index is 0.374.